The molecule has 0 aliphatic heterocycles. The largest absolute Gasteiger partial charge is 0.353 e. The molecule has 0 unspecified atom stereocenters. The van der Waals surface area contributed by atoms with Crippen LogP contribution in [-0.2, 0) is 16.0 Å². The van der Waals surface area contributed by atoms with E-state index in [1.807, 2.05) is 26.0 Å². The maximum absolute atomic E-state index is 5.48. The molecule has 0 spiro atoms. The van der Waals surface area contributed by atoms with E-state index in [1.165, 1.54) is 5.56 Å². The number of nitrogens with one attached hydrogen (secondary N) is 1. The summed E-state index contributed by atoms with van der Waals surface area (Å²) in [6, 6.07) is 8.31. The van der Waals surface area contributed by atoms with Crippen LogP contribution in [0.25, 0.3) is 0 Å². The topological polar surface area (TPSA) is 30.5 Å². The maximum atomic E-state index is 5.48. The summed E-state index contributed by atoms with van der Waals surface area (Å²) in [6.45, 7) is 7.11. The fraction of sp³-hybridized carbons (Fsp3) is 0.571. The van der Waals surface area contributed by atoms with Crippen molar-refractivity contribution in [1.82, 2.24) is 5.32 Å². The van der Waals surface area contributed by atoms with Gasteiger partial charge in [0.15, 0.2) is 6.29 Å². The molecule has 0 aliphatic carbocycles. The van der Waals surface area contributed by atoms with Gasteiger partial charge in [-0.25, -0.2) is 0 Å². The van der Waals surface area contributed by atoms with Gasteiger partial charge in [-0.3, -0.25) is 0 Å². The zero-order valence-electron chi connectivity index (χ0n) is 11.1. The second kappa shape index (κ2) is 9.50. The molecule has 0 heterocycles. The third-order valence-electron chi connectivity index (χ3n) is 2.48. The molecular weight excluding hydrogens is 294 g/mol. The number of hydrogen-bond donors (Lipinski definition) is 1. The van der Waals surface area contributed by atoms with Crippen molar-refractivity contribution in [2.75, 3.05) is 19.8 Å². The molecule has 0 bridgehead atoms. The molecule has 0 radical (unpaired) electrons. The Morgan fingerprint density at radius 3 is 2.56 bits per heavy atom. The molecule has 1 aromatic rings. The van der Waals surface area contributed by atoms with Gasteiger partial charge in [0.05, 0.1) is 0 Å². The second-order valence-corrected chi connectivity index (χ2v) is 4.85. The zero-order chi connectivity index (χ0) is 13.2. The minimum absolute atomic E-state index is 0.0880. The maximum Gasteiger partial charge on any atom is 0.158 e. The van der Waals surface area contributed by atoms with Crippen LogP contribution in [0.15, 0.2) is 28.7 Å². The summed E-state index contributed by atoms with van der Waals surface area (Å²) in [5, 5.41) is 3.40. The molecule has 1 N–H and O–H groups in total. The lowest BCUT2D eigenvalue weighted by Gasteiger charge is -2.17. The van der Waals surface area contributed by atoms with E-state index in [0.717, 1.165) is 24.0 Å². The Morgan fingerprint density at radius 2 is 1.94 bits per heavy atom. The minimum Gasteiger partial charge on any atom is -0.353 e. The van der Waals surface area contributed by atoms with Crippen molar-refractivity contribution in [3.05, 3.63) is 34.3 Å². The highest BCUT2D eigenvalue weighted by Gasteiger charge is 2.06. The minimum atomic E-state index is -0.0880. The van der Waals surface area contributed by atoms with Crippen molar-refractivity contribution in [3.8, 4) is 0 Å². The van der Waals surface area contributed by atoms with Gasteiger partial charge in [0.2, 0.25) is 0 Å². The van der Waals surface area contributed by atoms with Crippen LogP contribution in [-0.4, -0.2) is 26.0 Å². The Balaban J connectivity index is 2.20. The van der Waals surface area contributed by atoms with Gasteiger partial charge in [-0.15, -0.1) is 0 Å². The van der Waals surface area contributed by atoms with Crippen LogP contribution in [0, 0.1) is 0 Å². The van der Waals surface area contributed by atoms with Crippen LogP contribution < -0.4 is 5.32 Å². The van der Waals surface area contributed by atoms with Crippen molar-refractivity contribution in [2.45, 2.75) is 33.1 Å². The van der Waals surface area contributed by atoms with Gasteiger partial charge >= 0.3 is 0 Å². The van der Waals surface area contributed by atoms with E-state index in [-0.39, 0.29) is 6.29 Å². The monoisotopic (exact) mass is 315 g/mol. The molecule has 0 atom stereocenters. The summed E-state index contributed by atoms with van der Waals surface area (Å²) >= 11 is 3.47. The molecule has 0 fully saturated rings. The standard InChI is InChI=1S/C14H22BrNO2/c1-3-17-14(18-4-2)8-9-16-11-12-6-5-7-13(15)10-12/h5-7,10,14,16H,3-4,8-9,11H2,1-2H3. The Hall–Kier alpha value is -0.420. The van der Waals surface area contributed by atoms with Crippen molar-refractivity contribution in [2.24, 2.45) is 0 Å². The fourth-order valence-electron chi connectivity index (χ4n) is 1.69. The third-order valence-corrected chi connectivity index (χ3v) is 2.97. The third kappa shape index (κ3) is 6.50. The predicted octanol–water partition coefficient (Wildman–Crippen LogP) is 3.33. The molecule has 0 amide bonds. The van der Waals surface area contributed by atoms with Crippen molar-refractivity contribution in [1.29, 1.82) is 0 Å². The van der Waals surface area contributed by atoms with Crippen molar-refractivity contribution in [3.63, 3.8) is 0 Å². The first kappa shape index (κ1) is 15.6. The highest BCUT2D eigenvalue weighted by molar-refractivity contribution is 9.10. The van der Waals surface area contributed by atoms with E-state index in [2.05, 4.69) is 33.4 Å². The van der Waals surface area contributed by atoms with E-state index in [1.54, 1.807) is 0 Å². The molecule has 4 heteroatoms. The van der Waals surface area contributed by atoms with Crippen LogP contribution in [0.4, 0.5) is 0 Å². The lowest BCUT2D eigenvalue weighted by atomic mass is 10.2. The second-order valence-electron chi connectivity index (χ2n) is 3.94. The average Bonchev–Trinajstić information content (AvgIpc) is 2.35. The van der Waals surface area contributed by atoms with E-state index in [0.29, 0.717) is 13.2 Å². The Bertz CT molecular complexity index is 327. The lowest BCUT2D eigenvalue weighted by Crippen LogP contribution is -2.24. The van der Waals surface area contributed by atoms with Gasteiger partial charge in [-0.2, -0.15) is 0 Å². The highest BCUT2D eigenvalue weighted by atomic mass is 79.9. The Labute approximate surface area is 118 Å². The average molecular weight is 316 g/mol. The van der Waals surface area contributed by atoms with Gasteiger partial charge in [0.25, 0.3) is 0 Å². The van der Waals surface area contributed by atoms with Gasteiger partial charge in [-0.05, 0) is 31.5 Å². The SMILES string of the molecule is CCOC(CCNCc1cccc(Br)c1)OCC. The summed E-state index contributed by atoms with van der Waals surface area (Å²) in [4.78, 5) is 0. The van der Waals surface area contributed by atoms with Crippen LogP contribution in [0.5, 0.6) is 0 Å². The molecule has 0 aliphatic rings. The van der Waals surface area contributed by atoms with Gasteiger partial charge in [0.1, 0.15) is 0 Å². The number of halogens is 1. The first-order valence-electron chi connectivity index (χ1n) is 6.44. The van der Waals surface area contributed by atoms with E-state index < -0.39 is 0 Å². The summed E-state index contributed by atoms with van der Waals surface area (Å²) in [5.41, 5.74) is 1.27. The predicted molar refractivity (Wildman–Crippen MR) is 77.5 cm³/mol. The number of rotatable bonds is 9. The van der Waals surface area contributed by atoms with Crippen LogP contribution in [0.1, 0.15) is 25.8 Å². The molecule has 18 heavy (non-hydrogen) atoms. The molecular formula is C14H22BrNO2. The van der Waals surface area contributed by atoms with Gasteiger partial charge < -0.3 is 14.8 Å². The number of ether oxygens (including phenoxy) is 2. The normalized spacial score (nSPS) is 11.1. The van der Waals surface area contributed by atoms with Crippen molar-refractivity contribution < 1.29 is 9.47 Å². The van der Waals surface area contributed by atoms with Crippen LogP contribution >= 0.6 is 15.9 Å². The molecule has 1 rings (SSSR count). The van der Waals surface area contributed by atoms with Gasteiger partial charge in [-0.1, -0.05) is 28.1 Å². The quantitative estimate of drug-likeness (QED) is 0.560. The fourth-order valence-corrected chi connectivity index (χ4v) is 2.13. The molecule has 0 aromatic heterocycles. The summed E-state index contributed by atoms with van der Waals surface area (Å²) in [7, 11) is 0. The van der Waals surface area contributed by atoms with Crippen LogP contribution in [0.3, 0.4) is 0 Å². The van der Waals surface area contributed by atoms with Gasteiger partial charge in [0, 0.05) is 37.2 Å². The zero-order valence-corrected chi connectivity index (χ0v) is 12.7. The van der Waals surface area contributed by atoms with Crippen LogP contribution in [0.2, 0.25) is 0 Å². The Morgan fingerprint density at radius 1 is 1.22 bits per heavy atom. The molecule has 3 nitrogen and oxygen atoms in total. The summed E-state index contributed by atoms with van der Waals surface area (Å²) < 4.78 is 12.1. The first-order chi connectivity index (χ1) is 8.76. The molecule has 0 saturated carbocycles. The first-order valence-corrected chi connectivity index (χ1v) is 7.24. The summed E-state index contributed by atoms with van der Waals surface area (Å²) in [5.74, 6) is 0. The summed E-state index contributed by atoms with van der Waals surface area (Å²) in [6.07, 6.45) is 0.783. The smallest absolute Gasteiger partial charge is 0.158 e. The Kier molecular flexibility index (Phi) is 8.25. The number of hydrogen-bond acceptors (Lipinski definition) is 3. The molecule has 1 aromatic carbocycles. The number of benzene rings is 1. The van der Waals surface area contributed by atoms with E-state index >= 15 is 0 Å². The molecule has 0 saturated heterocycles. The van der Waals surface area contributed by atoms with E-state index in [4.69, 9.17) is 9.47 Å². The molecule has 102 valence electrons. The van der Waals surface area contributed by atoms with Crippen molar-refractivity contribution >= 4 is 15.9 Å². The lowest BCUT2D eigenvalue weighted by molar-refractivity contribution is -0.138. The van der Waals surface area contributed by atoms with E-state index in [9.17, 15) is 0 Å². The highest BCUT2D eigenvalue weighted by Crippen LogP contribution is 2.11.